The summed E-state index contributed by atoms with van der Waals surface area (Å²) < 4.78 is 47.1. The zero-order chi connectivity index (χ0) is 19.8. The van der Waals surface area contributed by atoms with E-state index in [0.717, 1.165) is 5.56 Å². The van der Waals surface area contributed by atoms with Gasteiger partial charge in [0, 0.05) is 24.9 Å². The Kier molecular flexibility index (Phi) is 7.84. The maximum absolute atomic E-state index is 13.3. The number of rotatable bonds is 9. The van der Waals surface area contributed by atoms with Gasteiger partial charge in [-0.1, -0.05) is 12.1 Å². The maximum atomic E-state index is 13.3. The first-order chi connectivity index (χ1) is 12.9. The van der Waals surface area contributed by atoms with Crippen molar-refractivity contribution in [2.45, 2.75) is 18.9 Å². The van der Waals surface area contributed by atoms with Crippen LogP contribution in [0.2, 0.25) is 0 Å². The zero-order valence-corrected chi connectivity index (χ0v) is 15.8. The predicted octanol–water partition coefficient (Wildman–Crippen LogP) is 4.33. The molecule has 0 saturated heterocycles. The molecule has 0 unspecified atom stereocenters. The fraction of sp³-hybridized carbons (Fsp3) is 0.316. The van der Waals surface area contributed by atoms with Gasteiger partial charge in [0.25, 0.3) is 0 Å². The third-order valence-corrected chi connectivity index (χ3v) is 4.69. The van der Waals surface area contributed by atoms with Crippen LogP contribution in [0.5, 0.6) is 11.5 Å². The second-order valence-electron chi connectivity index (χ2n) is 5.72. The Hall–Kier alpha value is -2.35. The molecular weight excluding hydrogens is 379 g/mol. The van der Waals surface area contributed by atoms with Gasteiger partial charge in [-0.05, 0) is 35.9 Å². The number of amides is 1. The maximum Gasteiger partial charge on any atom is 0.387 e. The van der Waals surface area contributed by atoms with Crippen LogP contribution in [0.25, 0.3) is 0 Å². The topological polar surface area (TPSA) is 38.8 Å². The lowest BCUT2D eigenvalue weighted by Gasteiger charge is -2.17. The van der Waals surface area contributed by atoms with Gasteiger partial charge in [-0.3, -0.25) is 4.79 Å². The van der Waals surface area contributed by atoms with E-state index in [9.17, 15) is 18.0 Å². The molecule has 8 heteroatoms. The summed E-state index contributed by atoms with van der Waals surface area (Å²) in [6.07, 6.45) is 0. The molecule has 0 bridgehead atoms. The number of carbonyl (C=O) groups excluding carboxylic acids is 1. The molecule has 0 spiro atoms. The molecular formula is C19H20F3NO3S. The summed E-state index contributed by atoms with van der Waals surface area (Å²) in [6.45, 7) is -2.52. The lowest BCUT2D eigenvalue weighted by atomic mass is 10.2. The standard InChI is InChI=1S/C19H20F3NO3S/c1-23(10-13-3-6-16(7-4-13)26-19(21)22)18(24)12-27-11-14-9-15(20)5-8-17(14)25-2/h3-9,19H,10-12H2,1-2H3. The van der Waals surface area contributed by atoms with E-state index in [1.165, 1.54) is 43.1 Å². The van der Waals surface area contributed by atoms with E-state index >= 15 is 0 Å². The van der Waals surface area contributed by atoms with Crippen molar-refractivity contribution in [2.75, 3.05) is 19.9 Å². The minimum atomic E-state index is -2.87. The Labute approximate surface area is 160 Å². The number of ether oxygens (including phenoxy) is 2. The molecule has 0 aliphatic rings. The second-order valence-corrected chi connectivity index (χ2v) is 6.71. The molecule has 2 aromatic carbocycles. The van der Waals surface area contributed by atoms with Crippen LogP contribution in [0.15, 0.2) is 42.5 Å². The molecule has 0 aromatic heterocycles. The molecule has 0 N–H and O–H groups in total. The van der Waals surface area contributed by atoms with Crippen molar-refractivity contribution >= 4 is 17.7 Å². The van der Waals surface area contributed by atoms with Gasteiger partial charge in [0.05, 0.1) is 12.9 Å². The Morgan fingerprint density at radius 1 is 1.19 bits per heavy atom. The lowest BCUT2D eigenvalue weighted by Crippen LogP contribution is -2.27. The third-order valence-electron chi connectivity index (χ3n) is 3.72. The van der Waals surface area contributed by atoms with Crippen molar-refractivity contribution in [2.24, 2.45) is 0 Å². The highest BCUT2D eigenvalue weighted by Gasteiger charge is 2.12. The van der Waals surface area contributed by atoms with Gasteiger partial charge >= 0.3 is 6.61 Å². The van der Waals surface area contributed by atoms with Gasteiger partial charge < -0.3 is 14.4 Å². The fourth-order valence-corrected chi connectivity index (χ4v) is 3.30. The number of nitrogens with zero attached hydrogens (tertiary/aromatic N) is 1. The van der Waals surface area contributed by atoms with Crippen molar-refractivity contribution in [1.82, 2.24) is 4.90 Å². The summed E-state index contributed by atoms with van der Waals surface area (Å²) >= 11 is 1.36. The normalized spacial score (nSPS) is 10.7. The summed E-state index contributed by atoms with van der Waals surface area (Å²) in [7, 11) is 3.17. The van der Waals surface area contributed by atoms with Gasteiger partial charge in [-0.15, -0.1) is 11.8 Å². The molecule has 0 atom stereocenters. The quantitative estimate of drug-likeness (QED) is 0.629. The van der Waals surface area contributed by atoms with Crippen LogP contribution in [0.1, 0.15) is 11.1 Å². The van der Waals surface area contributed by atoms with Gasteiger partial charge in [0.1, 0.15) is 17.3 Å². The smallest absolute Gasteiger partial charge is 0.387 e. The lowest BCUT2D eigenvalue weighted by molar-refractivity contribution is -0.127. The van der Waals surface area contributed by atoms with Crippen LogP contribution < -0.4 is 9.47 Å². The average molecular weight is 399 g/mol. The number of halogens is 3. The zero-order valence-electron chi connectivity index (χ0n) is 15.0. The number of carbonyl (C=O) groups is 1. The van der Waals surface area contributed by atoms with Crippen LogP contribution in [-0.2, 0) is 17.1 Å². The highest BCUT2D eigenvalue weighted by Crippen LogP contribution is 2.24. The molecule has 146 valence electrons. The first kappa shape index (κ1) is 21.0. The van der Waals surface area contributed by atoms with Gasteiger partial charge in [-0.25, -0.2) is 4.39 Å². The number of alkyl halides is 2. The number of methoxy groups -OCH3 is 1. The summed E-state index contributed by atoms with van der Waals surface area (Å²) in [5.74, 6) is 0.874. The number of hydrogen-bond donors (Lipinski definition) is 0. The van der Waals surface area contributed by atoms with Crippen LogP contribution in [0.3, 0.4) is 0 Å². The summed E-state index contributed by atoms with van der Waals surface area (Å²) in [4.78, 5) is 13.8. The van der Waals surface area contributed by atoms with Crippen molar-refractivity contribution in [1.29, 1.82) is 0 Å². The molecule has 0 fully saturated rings. The molecule has 1 amide bonds. The van der Waals surface area contributed by atoms with E-state index in [1.807, 2.05) is 0 Å². The molecule has 27 heavy (non-hydrogen) atoms. The Bertz CT molecular complexity index is 756. The molecule has 2 aromatic rings. The summed E-state index contributed by atoms with van der Waals surface area (Å²) in [5, 5.41) is 0. The molecule has 0 aliphatic carbocycles. The van der Waals surface area contributed by atoms with E-state index < -0.39 is 6.61 Å². The van der Waals surface area contributed by atoms with Gasteiger partial charge in [0.15, 0.2) is 0 Å². The van der Waals surface area contributed by atoms with Crippen LogP contribution >= 0.6 is 11.8 Å². The predicted molar refractivity (Wildman–Crippen MR) is 98.7 cm³/mol. The molecule has 0 radical (unpaired) electrons. The first-order valence-corrected chi connectivity index (χ1v) is 9.22. The molecule has 0 saturated carbocycles. The largest absolute Gasteiger partial charge is 0.496 e. The van der Waals surface area contributed by atoms with Crippen molar-refractivity contribution in [3.8, 4) is 11.5 Å². The van der Waals surface area contributed by atoms with Crippen LogP contribution in [-0.4, -0.2) is 37.3 Å². The second kappa shape index (κ2) is 10.1. The van der Waals surface area contributed by atoms with E-state index in [2.05, 4.69) is 4.74 Å². The van der Waals surface area contributed by atoms with Crippen molar-refractivity contribution < 1.29 is 27.4 Å². The minimum absolute atomic E-state index is 0.0716. The minimum Gasteiger partial charge on any atom is -0.496 e. The van der Waals surface area contributed by atoms with Gasteiger partial charge in [-0.2, -0.15) is 8.78 Å². The average Bonchev–Trinajstić information content (AvgIpc) is 2.63. The fourth-order valence-electron chi connectivity index (χ4n) is 2.36. The third kappa shape index (κ3) is 6.71. The van der Waals surface area contributed by atoms with E-state index in [4.69, 9.17) is 4.74 Å². The SMILES string of the molecule is COc1ccc(F)cc1CSCC(=O)N(C)Cc1ccc(OC(F)F)cc1. The Morgan fingerprint density at radius 3 is 2.52 bits per heavy atom. The van der Waals surface area contributed by atoms with E-state index in [1.54, 1.807) is 30.1 Å². The number of benzene rings is 2. The van der Waals surface area contributed by atoms with Crippen molar-refractivity contribution in [3.63, 3.8) is 0 Å². The van der Waals surface area contributed by atoms with Gasteiger partial charge in [0.2, 0.25) is 5.91 Å². The number of hydrogen-bond acceptors (Lipinski definition) is 4. The number of thioether (sulfide) groups is 1. The monoisotopic (exact) mass is 399 g/mol. The first-order valence-electron chi connectivity index (χ1n) is 8.07. The van der Waals surface area contributed by atoms with E-state index in [0.29, 0.717) is 23.6 Å². The van der Waals surface area contributed by atoms with Crippen LogP contribution in [0, 0.1) is 5.82 Å². The highest BCUT2D eigenvalue weighted by atomic mass is 32.2. The van der Waals surface area contributed by atoms with E-state index in [-0.39, 0.29) is 23.2 Å². The Morgan fingerprint density at radius 2 is 1.89 bits per heavy atom. The molecule has 2 rings (SSSR count). The van der Waals surface area contributed by atoms with Crippen LogP contribution in [0.4, 0.5) is 13.2 Å². The Balaban J connectivity index is 1.82. The molecule has 4 nitrogen and oxygen atoms in total. The summed E-state index contributed by atoms with van der Waals surface area (Å²) in [5.41, 5.74) is 1.48. The molecule has 0 heterocycles. The molecule has 0 aliphatic heterocycles. The summed E-state index contributed by atoms with van der Waals surface area (Å²) in [6, 6.07) is 10.4. The highest BCUT2D eigenvalue weighted by molar-refractivity contribution is 7.99. The van der Waals surface area contributed by atoms with Crippen molar-refractivity contribution in [3.05, 3.63) is 59.4 Å².